The summed E-state index contributed by atoms with van der Waals surface area (Å²) in [6.07, 6.45) is -0.429. The second kappa shape index (κ2) is 8.20. The Bertz CT molecular complexity index is 938. The van der Waals surface area contributed by atoms with E-state index in [9.17, 15) is 22.0 Å². The normalized spacial score (nSPS) is 11.4. The second-order valence-corrected chi connectivity index (χ2v) is 7.92. The average Bonchev–Trinajstić information content (AvgIpc) is 2.54. The van der Waals surface area contributed by atoms with Gasteiger partial charge in [0.1, 0.15) is 16.5 Å². The minimum absolute atomic E-state index is 0.0937. The molecule has 0 amide bonds. The van der Waals surface area contributed by atoms with Crippen LogP contribution in [-0.2, 0) is 14.8 Å². The van der Waals surface area contributed by atoms with E-state index in [1.54, 1.807) is 0 Å². The van der Waals surface area contributed by atoms with E-state index >= 15 is 0 Å². The van der Waals surface area contributed by atoms with Gasteiger partial charge in [-0.15, -0.1) is 0 Å². The molecule has 1 N–H and O–H groups in total. The highest BCUT2D eigenvalue weighted by molar-refractivity contribution is 7.93. The Kier molecular flexibility index (Phi) is 6.44. The largest absolute Gasteiger partial charge is 0.481 e. The zero-order valence-electron chi connectivity index (χ0n) is 13.1. The van der Waals surface area contributed by atoms with Crippen molar-refractivity contribution >= 4 is 44.9 Å². The molecule has 0 radical (unpaired) electrons. The van der Waals surface area contributed by atoms with Gasteiger partial charge in [0.15, 0.2) is 0 Å². The molecular formula is C16H13Cl2F2NO4S. The van der Waals surface area contributed by atoms with E-state index in [2.05, 4.69) is 0 Å². The highest BCUT2D eigenvalue weighted by Crippen LogP contribution is 2.32. The standard InChI is InChI=1S/C16H13Cl2F2NO4S/c17-10-3-5-12(18)15(8-10)26(24,25)21(7-1-2-16(22)23)14-6-4-11(19)9-13(14)20/h3-6,8-9H,1-2,7H2,(H,22,23). The molecule has 0 spiro atoms. The number of carboxylic acids is 1. The molecule has 0 unspecified atom stereocenters. The van der Waals surface area contributed by atoms with Gasteiger partial charge in [-0.05, 0) is 36.8 Å². The predicted molar refractivity (Wildman–Crippen MR) is 94.2 cm³/mol. The number of hydrogen-bond donors (Lipinski definition) is 1. The molecule has 5 nitrogen and oxygen atoms in total. The smallest absolute Gasteiger partial charge is 0.303 e. The maximum atomic E-state index is 14.2. The summed E-state index contributed by atoms with van der Waals surface area (Å²) in [7, 11) is -4.38. The average molecular weight is 424 g/mol. The zero-order valence-corrected chi connectivity index (χ0v) is 15.5. The second-order valence-electron chi connectivity index (χ2n) is 5.24. The van der Waals surface area contributed by atoms with Crippen LogP contribution in [0.25, 0.3) is 0 Å². The Labute approximate surface area is 158 Å². The van der Waals surface area contributed by atoms with Crippen molar-refractivity contribution in [1.29, 1.82) is 0 Å². The first-order valence-electron chi connectivity index (χ1n) is 7.27. The summed E-state index contributed by atoms with van der Waals surface area (Å²) in [5.41, 5.74) is -0.423. The molecule has 0 aliphatic rings. The molecule has 10 heteroatoms. The minimum Gasteiger partial charge on any atom is -0.481 e. The number of anilines is 1. The van der Waals surface area contributed by atoms with E-state index in [1.165, 1.54) is 12.1 Å². The van der Waals surface area contributed by atoms with Crippen LogP contribution < -0.4 is 4.31 Å². The lowest BCUT2D eigenvalue weighted by Gasteiger charge is -2.25. The number of halogens is 4. The van der Waals surface area contributed by atoms with Gasteiger partial charge in [-0.2, -0.15) is 0 Å². The monoisotopic (exact) mass is 423 g/mol. The summed E-state index contributed by atoms with van der Waals surface area (Å²) >= 11 is 11.8. The highest BCUT2D eigenvalue weighted by Gasteiger charge is 2.29. The van der Waals surface area contributed by atoms with Crippen molar-refractivity contribution in [3.8, 4) is 0 Å². The van der Waals surface area contributed by atoms with Gasteiger partial charge in [-0.3, -0.25) is 9.10 Å². The van der Waals surface area contributed by atoms with Crippen molar-refractivity contribution in [2.24, 2.45) is 0 Å². The number of benzene rings is 2. The Morgan fingerprint density at radius 1 is 1.12 bits per heavy atom. The number of carbonyl (C=O) groups is 1. The summed E-state index contributed by atoms with van der Waals surface area (Å²) in [6, 6.07) is 6.15. The SMILES string of the molecule is O=C(O)CCCN(c1ccc(F)cc1F)S(=O)(=O)c1cc(Cl)ccc1Cl. The summed E-state index contributed by atoms with van der Waals surface area (Å²) in [5.74, 6) is -3.13. The molecule has 2 rings (SSSR count). The van der Waals surface area contributed by atoms with E-state index in [0.29, 0.717) is 10.4 Å². The van der Waals surface area contributed by atoms with E-state index in [-0.39, 0.29) is 34.3 Å². The lowest BCUT2D eigenvalue weighted by Crippen LogP contribution is -2.33. The Morgan fingerprint density at radius 3 is 2.42 bits per heavy atom. The number of sulfonamides is 1. The summed E-state index contributed by atoms with van der Waals surface area (Å²) in [6.45, 7) is -0.347. The van der Waals surface area contributed by atoms with Gasteiger partial charge in [-0.25, -0.2) is 17.2 Å². The molecule has 0 bridgehead atoms. The fourth-order valence-corrected chi connectivity index (χ4v) is 4.47. The Hall–Kier alpha value is -1.90. The number of carboxylic acid groups (broad SMARTS) is 1. The zero-order chi connectivity index (χ0) is 19.5. The first-order valence-corrected chi connectivity index (χ1v) is 9.47. The number of nitrogens with zero attached hydrogens (tertiary/aromatic N) is 1. The van der Waals surface area contributed by atoms with Crippen LogP contribution in [0.15, 0.2) is 41.3 Å². The minimum atomic E-state index is -4.38. The van der Waals surface area contributed by atoms with Crippen molar-refractivity contribution in [3.63, 3.8) is 0 Å². The topological polar surface area (TPSA) is 74.7 Å². The number of rotatable bonds is 7. The Balaban J connectivity index is 2.54. The van der Waals surface area contributed by atoms with Gasteiger partial charge in [-0.1, -0.05) is 23.2 Å². The van der Waals surface area contributed by atoms with Gasteiger partial charge in [0.2, 0.25) is 0 Å². The van der Waals surface area contributed by atoms with Crippen molar-refractivity contribution in [1.82, 2.24) is 0 Å². The molecule has 2 aromatic rings. The summed E-state index contributed by atoms with van der Waals surface area (Å²) < 4.78 is 54.0. The van der Waals surface area contributed by atoms with Crippen LogP contribution in [0, 0.1) is 11.6 Å². The summed E-state index contributed by atoms with van der Waals surface area (Å²) in [5, 5.41) is 8.71. The van der Waals surface area contributed by atoms with E-state index in [4.69, 9.17) is 28.3 Å². The van der Waals surface area contributed by atoms with Crippen molar-refractivity contribution in [2.75, 3.05) is 10.8 Å². The lowest BCUT2D eigenvalue weighted by atomic mass is 10.2. The number of aliphatic carboxylic acids is 1. The maximum absolute atomic E-state index is 14.2. The third-order valence-electron chi connectivity index (χ3n) is 3.39. The molecule has 0 fully saturated rings. The lowest BCUT2D eigenvalue weighted by molar-refractivity contribution is -0.137. The molecule has 0 saturated carbocycles. The fraction of sp³-hybridized carbons (Fsp3) is 0.188. The van der Waals surface area contributed by atoms with Crippen molar-refractivity contribution in [3.05, 3.63) is 58.1 Å². The fourth-order valence-electron chi connectivity index (χ4n) is 2.22. The van der Waals surface area contributed by atoms with Crippen molar-refractivity contribution in [2.45, 2.75) is 17.7 Å². The summed E-state index contributed by atoms with van der Waals surface area (Å²) in [4.78, 5) is 10.3. The van der Waals surface area contributed by atoms with Crippen LogP contribution in [-0.4, -0.2) is 26.0 Å². The van der Waals surface area contributed by atoms with Crippen LogP contribution in [0.1, 0.15) is 12.8 Å². The molecule has 0 aliphatic heterocycles. The van der Waals surface area contributed by atoms with E-state index in [0.717, 1.165) is 18.2 Å². The molecule has 2 aromatic carbocycles. The van der Waals surface area contributed by atoms with E-state index in [1.807, 2.05) is 0 Å². The Morgan fingerprint density at radius 2 is 1.81 bits per heavy atom. The molecule has 0 aromatic heterocycles. The van der Waals surface area contributed by atoms with Gasteiger partial charge in [0, 0.05) is 24.1 Å². The van der Waals surface area contributed by atoms with Gasteiger partial charge in [0.05, 0.1) is 10.7 Å². The van der Waals surface area contributed by atoms with Crippen LogP contribution >= 0.6 is 23.2 Å². The molecule has 0 saturated heterocycles. The maximum Gasteiger partial charge on any atom is 0.303 e. The van der Waals surface area contributed by atoms with Crippen LogP contribution in [0.4, 0.5) is 14.5 Å². The third kappa shape index (κ3) is 4.63. The van der Waals surface area contributed by atoms with Gasteiger partial charge >= 0.3 is 5.97 Å². The first-order chi connectivity index (χ1) is 12.1. The van der Waals surface area contributed by atoms with Gasteiger partial charge < -0.3 is 5.11 Å². The molecular weight excluding hydrogens is 411 g/mol. The molecule has 0 atom stereocenters. The van der Waals surface area contributed by atoms with Crippen LogP contribution in [0.5, 0.6) is 0 Å². The van der Waals surface area contributed by atoms with Crippen LogP contribution in [0.3, 0.4) is 0 Å². The quantitative estimate of drug-likeness (QED) is 0.718. The highest BCUT2D eigenvalue weighted by atomic mass is 35.5. The first kappa shape index (κ1) is 20.4. The van der Waals surface area contributed by atoms with Crippen LogP contribution in [0.2, 0.25) is 10.0 Å². The molecule has 0 aliphatic carbocycles. The molecule has 140 valence electrons. The van der Waals surface area contributed by atoms with Gasteiger partial charge in [0.25, 0.3) is 10.0 Å². The molecule has 0 heterocycles. The molecule has 26 heavy (non-hydrogen) atoms. The predicted octanol–water partition coefficient (Wildman–Crippen LogP) is 4.33. The van der Waals surface area contributed by atoms with Crippen molar-refractivity contribution < 1.29 is 27.1 Å². The van der Waals surface area contributed by atoms with E-state index < -0.39 is 33.3 Å². The number of hydrogen-bond acceptors (Lipinski definition) is 3. The third-order valence-corrected chi connectivity index (χ3v) is 5.92.